The first-order valence-electron chi connectivity index (χ1n) is 6.01. The molecule has 0 aromatic carbocycles. The molecule has 0 radical (unpaired) electrons. The molecule has 0 aliphatic rings. The molecule has 1 unspecified atom stereocenters. The number of hydrogen-bond donors (Lipinski definition) is 2. The number of aromatic nitrogens is 2. The van der Waals surface area contributed by atoms with Crippen molar-refractivity contribution < 1.29 is 9.53 Å². The minimum absolute atomic E-state index is 0.0623. The first-order valence-corrected chi connectivity index (χ1v) is 6.01. The van der Waals surface area contributed by atoms with Gasteiger partial charge in [0.1, 0.15) is 5.82 Å². The highest BCUT2D eigenvalue weighted by molar-refractivity contribution is 5.85. The number of rotatable bonds is 6. The second-order valence-electron chi connectivity index (χ2n) is 4.08. The fourth-order valence-electron chi connectivity index (χ4n) is 1.63. The van der Waals surface area contributed by atoms with E-state index in [1.165, 1.54) is 7.11 Å². The molecule has 1 rings (SSSR count). The van der Waals surface area contributed by atoms with Gasteiger partial charge in [0.2, 0.25) is 5.82 Å². The van der Waals surface area contributed by atoms with Crippen molar-refractivity contribution in [2.24, 2.45) is 5.73 Å². The zero-order chi connectivity index (χ0) is 13.5. The van der Waals surface area contributed by atoms with Crippen molar-refractivity contribution in [1.82, 2.24) is 9.97 Å². The van der Waals surface area contributed by atoms with Crippen LogP contribution >= 0.6 is 0 Å². The summed E-state index contributed by atoms with van der Waals surface area (Å²) in [5.41, 5.74) is 6.38. The first-order chi connectivity index (χ1) is 8.60. The zero-order valence-electron chi connectivity index (χ0n) is 11.1. The SMILES string of the molecule is CCCC(CN)Nc1cc(C)nc(C(=O)OC)n1. The van der Waals surface area contributed by atoms with Crippen LogP contribution in [0.1, 0.15) is 36.1 Å². The Bertz CT molecular complexity index is 409. The van der Waals surface area contributed by atoms with E-state index in [1.54, 1.807) is 13.0 Å². The van der Waals surface area contributed by atoms with Crippen molar-refractivity contribution in [2.45, 2.75) is 32.7 Å². The number of esters is 1. The van der Waals surface area contributed by atoms with Crippen LogP contribution in [0.2, 0.25) is 0 Å². The summed E-state index contributed by atoms with van der Waals surface area (Å²) in [5, 5.41) is 3.21. The molecular weight excluding hydrogens is 232 g/mol. The van der Waals surface area contributed by atoms with Gasteiger partial charge in [-0.1, -0.05) is 13.3 Å². The molecule has 3 N–H and O–H groups in total. The van der Waals surface area contributed by atoms with Gasteiger partial charge < -0.3 is 15.8 Å². The monoisotopic (exact) mass is 252 g/mol. The van der Waals surface area contributed by atoms with Crippen LogP contribution in [-0.4, -0.2) is 35.6 Å². The van der Waals surface area contributed by atoms with Crippen LogP contribution in [-0.2, 0) is 4.74 Å². The number of nitrogens with two attached hydrogens (primary N) is 1. The number of carbonyl (C=O) groups is 1. The number of ether oxygens (including phenoxy) is 1. The predicted molar refractivity (Wildman–Crippen MR) is 69.5 cm³/mol. The third-order valence-corrected chi connectivity index (χ3v) is 2.50. The van der Waals surface area contributed by atoms with Crippen LogP contribution in [0.3, 0.4) is 0 Å². The average molecular weight is 252 g/mol. The summed E-state index contributed by atoms with van der Waals surface area (Å²) in [7, 11) is 1.31. The molecule has 0 saturated carbocycles. The number of aryl methyl sites for hydroxylation is 1. The summed E-state index contributed by atoms with van der Waals surface area (Å²) in [6, 6.07) is 1.93. The van der Waals surface area contributed by atoms with Gasteiger partial charge in [-0.05, 0) is 13.3 Å². The Morgan fingerprint density at radius 1 is 1.56 bits per heavy atom. The first kappa shape index (κ1) is 14.4. The number of nitrogens with one attached hydrogen (secondary N) is 1. The van der Waals surface area contributed by atoms with E-state index in [0.717, 1.165) is 12.8 Å². The number of methoxy groups -OCH3 is 1. The van der Waals surface area contributed by atoms with E-state index in [0.29, 0.717) is 18.1 Å². The highest BCUT2D eigenvalue weighted by Gasteiger charge is 2.13. The Hall–Kier alpha value is -1.69. The van der Waals surface area contributed by atoms with E-state index in [1.807, 2.05) is 0 Å². The van der Waals surface area contributed by atoms with Crippen LogP contribution in [0.15, 0.2) is 6.07 Å². The summed E-state index contributed by atoms with van der Waals surface area (Å²) in [6.45, 7) is 4.41. The normalized spacial score (nSPS) is 12.0. The molecule has 0 amide bonds. The Morgan fingerprint density at radius 3 is 2.83 bits per heavy atom. The van der Waals surface area contributed by atoms with Crippen LogP contribution in [0, 0.1) is 6.92 Å². The predicted octanol–water partition coefficient (Wildman–Crippen LogP) is 1.11. The molecule has 1 heterocycles. The van der Waals surface area contributed by atoms with Crippen molar-refractivity contribution in [3.05, 3.63) is 17.6 Å². The molecule has 18 heavy (non-hydrogen) atoms. The largest absolute Gasteiger partial charge is 0.463 e. The van der Waals surface area contributed by atoms with Crippen molar-refractivity contribution in [2.75, 3.05) is 19.0 Å². The van der Waals surface area contributed by atoms with Crippen LogP contribution in [0.4, 0.5) is 5.82 Å². The van der Waals surface area contributed by atoms with Gasteiger partial charge in [-0.2, -0.15) is 0 Å². The van der Waals surface area contributed by atoms with Gasteiger partial charge in [0.05, 0.1) is 7.11 Å². The molecule has 1 aromatic rings. The summed E-state index contributed by atoms with van der Waals surface area (Å²) in [4.78, 5) is 19.5. The lowest BCUT2D eigenvalue weighted by Crippen LogP contribution is -2.29. The maximum absolute atomic E-state index is 11.4. The Morgan fingerprint density at radius 2 is 2.28 bits per heavy atom. The van der Waals surface area contributed by atoms with Gasteiger partial charge in [0.15, 0.2) is 0 Å². The minimum Gasteiger partial charge on any atom is -0.463 e. The molecule has 100 valence electrons. The summed E-state index contributed by atoms with van der Waals surface area (Å²) >= 11 is 0. The van der Waals surface area contributed by atoms with Gasteiger partial charge in [0, 0.05) is 24.3 Å². The maximum Gasteiger partial charge on any atom is 0.376 e. The lowest BCUT2D eigenvalue weighted by Gasteiger charge is -2.17. The topological polar surface area (TPSA) is 90.1 Å². The van der Waals surface area contributed by atoms with Crippen molar-refractivity contribution in [1.29, 1.82) is 0 Å². The second kappa shape index (κ2) is 6.90. The number of carbonyl (C=O) groups excluding carboxylic acids is 1. The number of hydrogen-bond acceptors (Lipinski definition) is 6. The van der Waals surface area contributed by atoms with Gasteiger partial charge in [-0.25, -0.2) is 14.8 Å². The molecule has 0 aliphatic heterocycles. The smallest absolute Gasteiger partial charge is 0.376 e. The molecule has 1 atom stereocenters. The van der Waals surface area contributed by atoms with Gasteiger partial charge >= 0.3 is 5.97 Å². The Kier molecular flexibility index (Phi) is 5.51. The highest BCUT2D eigenvalue weighted by atomic mass is 16.5. The molecule has 0 saturated heterocycles. The van der Waals surface area contributed by atoms with E-state index in [-0.39, 0.29) is 11.9 Å². The van der Waals surface area contributed by atoms with Gasteiger partial charge in [0.25, 0.3) is 0 Å². The fourth-order valence-corrected chi connectivity index (χ4v) is 1.63. The third kappa shape index (κ3) is 3.96. The Labute approximate surface area is 107 Å². The van der Waals surface area contributed by atoms with Crippen LogP contribution < -0.4 is 11.1 Å². The maximum atomic E-state index is 11.4. The number of anilines is 1. The molecule has 6 nitrogen and oxygen atoms in total. The Balaban J connectivity index is 2.88. The lowest BCUT2D eigenvalue weighted by atomic mass is 10.1. The quantitative estimate of drug-likeness (QED) is 0.737. The van der Waals surface area contributed by atoms with Crippen molar-refractivity contribution >= 4 is 11.8 Å². The van der Waals surface area contributed by atoms with Crippen molar-refractivity contribution in [3.63, 3.8) is 0 Å². The summed E-state index contributed by atoms with van der Waals surface area (Å²) in [5.74, 6) is 0.126. The van der Waals surface area contributed by atoms with Gasteiger partial charge in [-0.15, -0.1) is 0 Å². The zero-order valence-corrected chi connectivity index (χ0v) is 11.1. The molecule has 0 spiro atoms. The minimum atomic E-state index is -0.540. The van der Waals surface area contributed by atoms with Gasteiger partial charge in [-0.3, -0.25) is 0 Å². The van der Waals surface area contributed by atoms with E-state index >= 15 is 0 Å². The number of nitrogens with zero attached hydrogens (tertiary/aromatic N) is 2. The van der Waals surface area contributed by atoms with E-state index < -0.39 is 5.97 Å². The lowest BCUT2D eigenvalue weighted by molar-refractivity contribution is 0.0586. The van der Waals surface area contributed by atoms with Crippen molar-refractivity contribution in [3.8, 4) is 0 Å². The van der Waals surface area contributed by atoms with Crippen LogP contribution in [0.25, 0.3) is 0 Å². The highest BCUT2D eigenvalue weighted by Crippen LogP contribution is 2.10. The second-order valence-corrected chi connectivity index (χ2v) is 4.08. The molecule has 6 heteroatoms. The molecule has 1 aromatic heterocycles. The summed E-state index contributed by atoms with van der Waals surface area (Å²) in [6.07, 6.45) is 1.98. The third-order valence-electron chi connectivity index (χ3n) is 2.50. The molecule has 0 bridgehead atoms. The van der Waals surface area contributed by atoms with E-state index in [4.69, 9.17) is 5.73 Å². The standard InChI is InChI=1S/C12H20N4O2/c1-4-5-9(7-13)15-10-6-8(2)14-11(16-10)12(17)18-3/h6,9H,4-5,7,13H2,1-3H3,(H,14,15,16). The van der Waals surface area contributed by atoms with Crippen LogP contribution in [0.5, 0.6) is 0 Å². The molecular formula is C12H20N4O2. The molecule has 0 fully saturated rings. The summed E-state index contributed by atoms with van der Waals surface area (Å²) < 4.78 is 4.61. The fraction of sp³-hybridized carbons (Fsp3) is 0.583. The van der Waals surface area contributed by atoms with E-state index in [2.05, 4.69) is 26.9 Å². The molecule has 0 aliphatic carbocycles. The van der Waals surface area contributed by atoms with E-state index in [9.17, 15) is 4.79 Å². The average Bonchev–Trinajstić information content (AvgIpc) is 2.36.